The zero-order valence-electron chi connectivity index (χ0n) is 10.0. The second-order valence-electron chi connectivity index (χ2n) is 4.45. The summed E-state index contributed by atoms with van der Waals surface area (Å²) in [5.74, 6) is 1.00. The van der Waals surface area contributed by atoms with E-state index in [-0.39, 0.29) is 0 Å². The second-order valence-corrected chi connectivity index (χ2v) is 4.45. The van der Waals surface area contributed by atoms with Crippen LogP contribution < -0.4 is 0 Å². The molecule has 1 aromatic carbocycles. The summed E-state index contributed by atoms with van der Waals surface area (Å²) in [5, 5.41) is 0. The van der Waals surface area contributed by atoms with Crippen LogP contribution in [0, 0.1) is 13.8 Å². The average molecular weight is 222 g/mol. The van der Waals surface area contributed by atoms with Crippen LogP contribution in [-0.4, -0.2) is 9.38 Å². The monoisotopic (exact) mass is 222 g/mol. The molecule has 17 heavy (non-hydrogen) atoms. The van der Waals surface area contributed by atoms with Crippen molar-refractivity contribution < 1.29 is 0 Å². The number of rotatable bonds is 1. The highest BCUT2D eigenvalue weighted by molar-refractivity contribution is 5.63. The van der Waals surface area contributed by atoms with Crippen LogP contribution in [-0.2, 0) is 0 Å². The third-order valence-electron chi connectivity index (χ3n) is 3.00. The highest BCUT2D eigenvalue weighted by atomic mass is 15.0. The molecule has 0 amide bonds. The van der Waals surface area contributed by atoms with Crippen molar-refractivity contribution in [2.24, 2.45) is 0 Å². The zero-order chi connectivity index (χ0) is 11.8. The van der Waals surface area contributed by atoms with E-state index in [2.05, 4.69) is 65.8 Å². The van der Waals surface area contributed by atoms with Crippen LogP contribution in [0.4, 0.5) is 0 Å². The Bertz CT molecular complexity index is 663. The number of pyridine rings is 1. The lowest BCUT2D eigenvalue weighted by molar-refractivity contribution is 1.15. The first kappa shape index (κ1) is 10.1. The quantitative estimate of drug-likeness (QED) is 0.614. The lowest BCUT2D eigenvalue weighted by atomic mass is 10.1. The van der Waals surface area contributed by atoms with E-state index >= 15 is 0 Å². The van der Waals surface area contributed by atoms with E-state index in [0.29, 0.717) is 0 Å². The van der Waals surface area contributed by atoms with Gasteiger partial charge >= 0.3 is 0 Å². The van der Waals surface area contributed by atoms with Crippen molar-refractivity contribution in [3.63, 3.8) is 0 Å². The Kier molecular flexibility index (Phi) is 2.22. The van der Waals surface area contributed by atoms with E-state index in [1.807, 2.05) is 6.20 Å². The van der Waals surface area contributed by atoms with E-state index in [1.54, 1.807) is 0 Å². The van der Waals surface area contributed by atoms with Gasteiger partial charge in [-0.2, -0.15) is 0 Å². The summed E-state index contributed by atoms with van der Waals surface area (Å²) in [6.45, 7) is 4.19. The van der Waals surface area contributed by atoms with Crippen molar-refractivity contribution in [1.82, 2.24) is 9.38 Å². The van der Waals surface area contributed by atoms with Gasteiger partial charge in [0.25, 0.3) is 0 Å². The maximum absolute atomic E-state index is 4.50. The average Bonchev–Trinajstić information content (AvgIpc) is 2.73. The lowest BCUT2D eigenvalue weighted by Gasteiger charge is -2.02. The first-order chi connectivity index (χ1) is 8.24. The molecule has 2 nitrogen and oxygen atoms in total. The molecule has 0 atom stereocenters. The molecule has 0 radical (unpaired) electrons. The predicted molar refractivity (Wildman–Crippen MR) is 70.1 cm³/mol. The van der Waals surface area contributed by atoms with Gasteiger partial charge in [-0.3, -0.25) is 4.40 Å². The molecule has 84 valence electrons. The number of fused-ring (bicyclic) bond motifs is 1. The summed E-state index contributed by atoms with van der Waals surface area (Å²) in [4.78, 5) is 4.50. The van der Waals surface area contributed by atoms with Crippen molar-refractivity contribution in [3.05, 3.63) is 59.9 Å². The van der Waals surface area contributed by atoms with Crippen molar-refractivity contribution in [2.75, 3.05) is 0 Å². The molecule has 0 saturated carbocycles. The molecule has 0 unspecified atom stereocenters. The summed E-state index contributed by atoms with van der Waals surface area (Å²) >= 11 is 0. The van der Waals surface area contributed by atoms with Gasteiger partial charge in [0.1, 0.15) is 5.82 Å². The van der Waals surface area contributed by atoms with Crippen LogP contribution in [0.1, 0.15) is 11.1 Å². The van der Waals surface area contributed by atoms with Gasteiger partial charge in [-0.25, -0.2) is 4.98 Å². The smallest absolute Gasteiger partial charge is 0.144 e. The van der Waals surface area contributed by atoms with Gasteiger partial charge in [-0.15, -0.1) is 0 Å². The Hall–Kier alpha value is -2.09. The maximum atomic E-state index is 4.50. The molecule has 2 heteroatoms. The summed E-state index contributed by atoms with van der Waals surface area (Å²) in [5.41, 5.74) is 4.82. The number of aromatic nitrogens is 2. The second kappa shape index (κ2) is 3.74. The van der Waals surface area contributed by atoms with Gasteiger partial charge in [0.15, 0.2) is 0 Å². The highest BCUT2D eigenvalue weighted by Gasteiger charge is 2.05. The van der Waals surface area contributed by atoms with Crippen molar-refractivity contribution in [3.8, 4) is 11.4 Å². The van der Waals surface area contributed by atoms with E-state index in [1.165, 1.54) is 11.1 Å². The largest absolute Gasteiger partial charge is 0.300 e. The molecule has 3 aromatic rings. The van der Waals surface area contributed by atoms with E-state index in [0.717, 1.165) is 16.9 Å². The number of imidazole rings is 1. The molecule has 0 fully saturated rings. The molecule has 0 bridgehead atoms. The fourth-order valence-electron chi connectivity index (χ4n) is 2.03. The van der Waals surface area contributed by atoms with Crippen molar-refractivity contribution in [2.45, 2.75) is 13.8 Å². The van der Waals surface area contributed by atoms with Gasteiger partial charge in [-0.05, 0) is 31.5 Å². The van der Waals surface area contributed by atoms with Gasteiger partial charge in [0.05, 0.1) is 11.7 Å². The predicted octanol–water partition coefficient (Wildman–Crippen LogP) is 3.62. The summed E-state index contributed by atoms with van der Waals surface area (Å²) < 4.78 is 2.12. The van der Waals surface area contributed by atoms with E-state index in [4.69, 9.17) is 0 Å². The lowest BCUT2D eigenvalue weighted by Crippen LogP contribution is -1.89. The molecule has 0 spiro atoms. The van der Waals surface area contributed by atoms with Crippen molar-refractivity contribution in [1.29, 1.82) is 0 Å². The van der Waals surface area contributed by atoms with Crippen molar-refractivity contribution >= 4 is 5.52 Å². The fraction of sp³-hybridized carbons (Fsp3) is 0.133. The molecule has 0 aliphatic carbocycles. The first-order valence-electron chi connectivity index (χ1n) is 5.75. The van der Waals surface area contributed by atoms with E-state index in [9.17, 15) is 0 Å². The Morgan fingerprint density at radius 1 is 0.941 bits per heavy atom. The molecule has 0 saturated heterocycles. The summed E-state index contributed by atoms with van der Waals surface area (Å²) in [6, 6.07) is 12.7. The van der Waals surface area contributed by atoms with Crippen LogP contribution in [0.5, 0.6) is 0 Å². The first-order valence-corrected chi connectivity index (χ1v) is 5.75. The van der Waals surface area contributed by atoms with Crippen LogP contribution in [0.25, 0.3) is 16.9 Å². The highest BCUT2D eigenvalue weighted by Crippen LogP contribution is 2.20. The Labute approximate surface area is 101 Å². The maximum Gasteiger partial charge on any atom is 0.144 e. The Morgan fingerprint density at radius 2 is 1.71 bits per heavy atom. The molecule has 0 N–H and O–H groups in total. The topological polar surface area (TPSA) is 17.3 Å². The van der Waals surface area contributed by atoms with Gasteiger partial charge in [0, 0.05) is 11.8 Å². The van der Waals surface area contributed by atoms with Crippen LogP contribution >= 0.6 is 0 Å². The van der Waals surface area contributed by atoms with E-state index < -0.39 is 0 Å². The molecule has 3 rings (SSSR count). The molecule has 0 aliphatic heterocycles. The minimum Gasteiger partial charge on any atom is -0.300 e. The number of benzene rings is 1. The zero-order valence-corrected chi connectivity index (χ0v) is 10.0. The summed E-state index contributed by atoms with van der Waals surface area (Å²) in [6.07, 6.45) is 4.00. The summed E-state index contributed by atoms with van der Waals surface area (Å²) in [7, 11) is 0. The molecular formula is C15H14N2. The molecular weight excluding hydrogens is 208 g/mol. The van der Waals surface area contributed by atoms with Crippen LogP contribution in [0.2, 0.25) is 0 Å². The third kappa shape index (κ3) is 1.72. The minimum absolute atomic E-state index is 1.00. The number of hydrogen-bond acceptors (Lipinski definition) is 1. The SMILES string of the molecule is Cc1ccc(-c2ncc3cc(C)ccn23)cc1. The van der Waals surface area contributed by atoms with Crippen LogP contribution in [0.3, 0.4) is 0 Å². The minimum atomic E-state index is 1.00. The Balaban J connectivity index is 2.21. The normalized spacial score (nSPS) is 10.9. The molecule has 2 aromatic heterocycles. The molecule has 0 aliphatic rings. The molecule has 2 heterocycles. The van der Waals surface area contributed by atoms with Gasteiger partial charge < -0.3 is 0 Å². The standard InChI is InChI=1S/C15H14N2/c1-11-3-5-13(6-4-11)15-16-10-14-9-12(2)7-8-17(14)15/h3-10H,1-2H3. The van der Waals surface area contributed by atoms with Gasteiger partial charge in [-0.1, -0.05) is 29.8 Å². The third-order valence-corrected chi connectivity index (χ3v) is 3.00. The number of hydrogen-bond donors (Lipinski definition) is 0. The Morgan fingerprint density at radius 3 is 2.47 bits per heavy atom. The fourth-order valence-corrected chi connectivity index (χ4v) is 2.03. The van der Waals surface area contributed by atoms with Gasteiger partial charge in [0.2, 0.25) is 0 Å². The van der Waals surface area contributed by atoms with Crippen LogP contribution in [0.15, 0.2) is 48.8 Å². The number of aryl methyl sites for hydroxylation is 2. The number of nitrogens with zero attached hydrogens (tertiary/aromatic N) is 2.